The zero-order valence-corrected chi connectivity index (χ0v) is 9.09. The Labute approximate surface area is 98.9 Å². The summed E-state index contributed by atoms with van der Waals surface area (Å²) in [5.41, 5.74) is 7.77. The molecule has 0 aliphatic carbocycles. The molecule has 17 heavy (non-hydrogen) atoms. The van der Waals surface area contributed by atoms with Crippen LogP contribution in [0.2, 0.25) is 0 Å². The first kappa shape index (κ1) is 10.9. The van der Waals surface area contributed by atoms with Crippen LogP contribution >= 0.6 is 0 Å². The van der Waals surface area contributed by atoms with Crippen LogP contribution in [0.3, 0.4) is 0 Å². The Kier molecular flexibility index (Phi) is 3.17. The number of nitriles is 1. The lowest BCUT2D eigenvalue weighted by atomic mass is 10.2. The van der Waals surface area contributed by atoms with Crippen molar-refractivity contribution in [3.63, 3.8) is 0 Å². The molecule has 5 nitrogen and oxygen atoms in total. The van der Waals surface area contributed by atoms with E-state index in [1.807, 2.05) is 30.3 Å². The predicted octanol–water partition coefficient (Wildman–Crippen LogP) is 1.54. The molecule has 1 heterocycles. The molecule has 0 amide bonds. The fourth-order valence-electron chi connectivity index (χ4n) is 1.39. The molecule has 0 saturated carbocycles. The minimum absolute atomic E-state index is 0.343. The van der Waals surface area contributed by atoms with Crippen molar-refractivity contribution in [2.75, 3.05) is 11.1 Å². The van der Waals surface area contributed by atoms with Gasteiger partial charge in [-0.15, -0.1) is 0 Å². The van der Waals surface area contributed by atoms with Crippen LogP contribution in [0.4, 0.5) is 11.6 Å². The molecule has 1 aromatic carbocycles. The van der Waals surface area contributed by atoms with Crippen LogP contribution in [0.1, 0.15) is 11.3 Å². The standard InChI is InChI=1S/C12H11N5/c13-7-11-4-5-15-12(17-11)16-8-9-2-1-3-10(14)6-9/h1-6H,8,14H2,(H,15,16,17). The molecule has 0 fully saturated rings. The van der Waals surface area contributed by atoms with E-state index in [0.29, 0.717) is 18.2 Å². The van der Waals surface area contributed by atoms with Crippen LogP contribution in [0.5, 0.6) is 0 Å². The molecule has 0 aliphatic rings. The van der Waals surface area contributed by atoms with Gasteiger partial charge >= 0.3 is 0 Å². The predicted molar refractivity (Wildman–Crippen MR) is 64.9 cm³/mol. The molecular formula is C12H11N5. The summed E-state index contributed by atoms with van der Waals surface area (Å²) in [5.74, 6) is 0.437. The minimum atomic E-state index is 0.343. The maximum atomic E-state index is 8.70. The van der Waals surface area contributed by atoms with Gasteiger partial charge in [-0.1, -0.05) is 12.1 Å². The number of nitrogen functional groups attached to an aromatic ring is 1. The number of nitrogens with zero attached hydrogens (tertiary/aromatic N) is 3. The lowest BCUT2D eigenvalue weighted by Gasteiger charge is -2.05. The Bertz CT molecular complexity index is 559. The first-order valence-electron chi connectivity index (χ1n) is 5.09. The van der Waals surface area contributed by atoms with Crippen LogP contribution in [0.15, 0.2) is 36.5 Å². The highest BCUT2D eigenvalue weighted by Crippen LogP contribution is 2.08. The van der Waals surface area contributed by atoms with Crippen LogP contribution in [0.25, 0.3) is 0 Å². The van der Waals surface area contributed by atoms with Gasteiger partial charge in [0.2, 0.25) is 5.95 Å². The first-order chi connectivity index (χ1) is 8.28. The lowest BCUT2D eigenvalue weighted by Crippen LogP contribution is -2.04. The molecular weight excluding hydrogens is 214 g/mol. The molecule has 0 saturated heterocycles. The summed E-state index contributed by atoms with van der Waals surface area (Å²) in [6, 6.07) is 11.1. The quantitative estimate of drug-likeness (QED) is 0.773. The summed E-state index contributed by atoms with van der Waals surface area (Å²) < 4.78 is 0. The molecule has 0 bridgehead atoms. The van der Waals surface area contributed by atoms with Crippen molar-refractivity contribution in [2.45, 2.75) is 6.54 Å². The van der Waals surface area contributed by atoms with Gasteiger partial charge in [-0.05, 0) is 23.8 Å². The Morgan fingerprint density at radius 2 is 2.24 bits per heavy atom. The van der Waals surface area contributed by atoms with E-state index < -0.39 is 0 Å². The van der Waals surface area contributed by atoms with Crippen molar-refractivity contribution in [3.05, 3.63) is 47.8 Å². The van der Waals surface area contributed by atoms with Crippen LogP contribution in [-0.4, -0.2) is 9.97 Å². The monoisotopic (exact) mass is 225 g/mol. The molecule has 0 aliphatic heterocycles. The summed E-state index contributed by atoms with van der Waals surface area (Å²) in [5, 5.41) is 11.7. The number of anilines is 2. The minimum Gasteiger partial charge on any atom is -0.399 e. The molecule has 2 rings (SSSR count). The average molecular weight is 225 g/mol. The zero-order chi connectivity index (χ0) is 12.1. The van der Waals surface area contributed by atoms with E-state index in [2.05, 4.69) is 15.3 Å². The SMILES string of the molecule is N#Cc1ccnc(NCc2cccc(N)c2)n1. The third kappa shape index (κ3) is 2.92. The Hall–Kier alpha value is -2.61. The topological polar surface area (TPSA) is 87.6 Å². The Balaban J connectivity index is 2.05. The van der Waals surface area contributed by atoms with Gasteiger partial charge in [-0.3, -0.25) is 0 Å². The van der Waals surface area contributed by atoms with Crippen molar-refractivity contribution in [1.82, 2.24) is 9.97 Å². The average Bonchev–Trinajstić information content (AvgIpc) is 2.37. The number of benzene rings is 1. The summed E-state index contributed by atoms with van der Waals surface area (Å²) in [6.07, 6.45) is 1.55. The second-order valence-corrected chi connectivity index (χ2v) is 3.48. The van der Waals surface area contributed by atoms with E-state index in [1.165, 1.54) is 0 Å². The highest BCUT2D eigenvalue weighted by molar-refractivity contribution is 5.42. The molecule has 0 spiro atoms. The highest BCUT2D eigenvalue weighted by Gasteiger charge is 1.98. The van der Waals surface area contributed by atoms with Gasteiger partial charge in [0.05, 0.1) is 0 Å². The highest BCUT2D eigenvalue weighted by atomic mass is 15.1. The Morgan fingerprint density at radius 1 is 1.35 bits per heavy atom. The van der Waals surface area contributed by atoms with Crippen molar-refractivity contribution in [1.29, 1.82) is 5.26 Å². The summed E-state index contributed by atoms with van der Waals surface area (Å²) in [4.78, 5) is 8.03. The van der Waals surface area contributed by atoms with Gasteiger partial charge in [-0.25, -0.2) is 9.97 Å². The fraction of sp³-hybridized carbons (Fsp3) is 0.0833. The van der Waals surface area contributed by atoms with E-state index in [4.69, 9.17) is 11.0 Å². The fourth-order valence-corrected chi connectivity index (χ4v) is 1.39. The summed E-state index contributed by atoms with van der Waals surface area (Å²) in [6.45, 7) is 0.569. The number of aromatic nitrogens is 2. The number of rotatable bonds is 3. The van der Waals surface area contributed by atoms with Gasteiger partial charge in [0, 0.05) is 18.4 Å². The second kappa shape index (κ2) is 4.94. The maximum Gasteiger partial charge on any atom is 0.224 e. The van der Waals surface area contributed by atoms with Crippen LogP contribution < -0.4 is 11.1 Å². The summed E-state index contributed by atoms with van der Waals surface area (Å²) >= 11 is 0. The van der Waals surface area contributed by atoms with E-state index in [0.717, 1.165) is 11.3 Å². The van der Waals surface area contributed by atoms with E-state index in [-0.39, 0.29) is 0 Å². The van der Waals surface area contributed by atoms with E-state index in [1.54, 1.807) is 12.3 Å². The van der Waals surface area contributed by atoms with E-state index in [9.17, 15) is 0 Å². The molecule has 2 aromatic rings. The number of nitrogens with one attached hydrogen (secondary N) is 1. The zero-order valence-electron chi connectivity index (χ0n) is 9.09. The largest absolute Gasteiger partial charge is 0.399 e. The number of hydrogen-bond acceptors (Lipinski definition) is 5. The van der Waals surface area contributed by atoms with Gasteiger partial charge in [-0.2, -0.15) is 5.26 Å². The first-order valence-corrected chi connectivity index (χ1v) is 5.09. The molecule has 5 heteroatoms. The van der Waals surface area contributed by atoms with Crippen LogP contribution in [-0.2, 0) is 6.54 Å². The number of nitrogens with two attached hydrogens (primary N) is 1. The molecule has 1 aromatic heterocycles. The second-order valence-electron chi connectivity index (χ2n) is 3.48. The maximum absolute atomic E-state index is 8.70. The molecule has 0 radical (unpaired) electrons. The normalized spacial score (nSPS) is 9.59. The third-order valence-corrected chi connectivity index (χ3v) is 2.17. The van der Waals surface area contributed by atoms with Gasteiger partial charge in [0.1, 0.15) is 11.8 Å². The van der Waals surface area contributed by atoms with Crippen molar-refractivity contribution < 1.29 is 0 Å². The van der Waals surface area contributed by atoms with Crippen LogP contribution in [0, 0.1) is 11.3 Å². The van der Waals surface area contributed by atoms with Gasteiger partial charge < -0.3 is 11.1 Å². The molecule has 0 atom stereocenters. The molecule has 3 N–H and O–H groups in total. The number of hydrogen-bond donors (Lipinski definition) is 2. The third-order valence-electron chi connectivity index (χ3n) is 2.17. The van der Waals surface area contributed by atoms with E-state index >= 15 is 0 Å². The van der Waals surface area contributed by atoms with Crippen molar-refractivity contribution in [3.8, 4) is 6.07 Å². The van der Waals surface area contributed by atoms with Gasteiger partial charge in [0.15, 0.2) is 0 Å². The summed E-state index contributed by atoms with van der Waals surface area (Å²) in [7, 11) is 0. The van der Waals surface area contributed by atoms with Crippen molar-refractivity contribution >= 4 is 11.6 Å². The van der Waals surface area contributed by atoms with Crippen molar-refractivity contribution in [2.24, 2.45) is 0 Å². The molecule has 84 valence electrons. The Morgan fingerprint density at radius 3 is 3.00 bits per heavy atom. The lowest BCUT2D eigenvalue weighted by molar-refractivity contribution is 1.04. The smallest absolute Gasteiger partial charge is 0.224 e. The molecule has 0 unspecified atom stereocenters. The van der Waals surface area contributed by atoms with Gasteiger partial charge in [0.25, 0.3) is 0 Å².